The van der Waals surface area contributed by atoms with Crippen molar-refractivity contribution in [3.63, 3.8) is 0 Å². The molecule has 26 heavy (non-hydrogen) atoms. The number of hydrogen-bond acceptors (Lipinski definition) is 5. The van der Waals surface area contributed by atoms with E-state index in [1.807, 2.05) is 38.1 Å². The molecule has 0 aliphatic rings. The zero-order valence-corrected chi connectivity index (χ0v) is 15.2. The number of carbonyl (C=O) groups is 1. The van der Waals surface area contributed by atoms with Gasteiger partial charge in [-0.2, -0.15) is 4.68 Å². The Hall–Kier alpha value is -2.74. The third kappa shape index (κ3) is 4.45. The van der Waals surface area contributed by atoms with Crippen LogP contribution in [-0.4, -0.2) is 31.9 Å². The summed E-state index contributed by atoms with van der Waals surface area (Å²) in [5.74, 6) is -0.270. The second-order valence-corrected chi connectivity index (χ2v) is 6.78. The number of benzene rings is 2. The summed E-state index contributed by atoms with van der Waals surface area (Å²) in [5, 5.41) is 15.1. The standard InChI is InChI=1S/C18H18FN5OS/c1-12-3-9-16(10-4-12)24-18(21-22-23-24)26-11-17(25)20-13(2)14-5-7-15(19)8-6-14/h3-10,13H,11H2,1-2H3,(H,20,25). The van der Waals surface area contributed by atoms with Gasteiger partial charge in [-0.1, -0.05) is 41.6 Å². The lowest BCUT2D eigenvalue weighted by molar-refractivity contribution is -0.119. The predicted molar refractivity (Wildman–Crippen MR) is 97.6 cm³/mol. The van der Waals surface area contributed by atoms with Gasteiger partial charge >= 0.3 is 0 Å². The topological polar surface area (TPSA) is 72.7 Å². The van der Waals surface area contributed by atoms with E-state index in [2.05, 4.69) is 20.8 Å². The van der Waals surface area contributed by atoms with Crippen LogP contribution in [0.2, 0.25) is 0 Å². The Bertz CT molecular complexity index is 879. The number of nitrogens with zero attached hydrogens (tertiary/aromatic N) is 4. The molecule has 0 bridgehead atoms. The van der Waals surface area contributed by atoms with Crippen LogP contribution in [0.5, 0.6) is 0 Å². The molecule has 0 saturated carbocycles. The van der Waals surface area contributed by atoms with Crippen molar-refractivity contribution >= 4 is 17.7 Å². The Labute approximate surface area is 154 Å². The highest BCUT2D eigenvalue weighted by molar-refractivity contribution is 7.99. The molecule has 1 atom stereocenters. The highest BCUT2D eigenvalue weighted by Gasteiger charge is 2.14. The first kappa shape index (κ1) is 18.1. The third-order valence-electron chi connectivity index (χ3n) is 3.80. The molecule has 134 valence electrons. The van der Waals surface area contributed by atoms with Gasteiger partial charge in [-0.05, 0) is 54.1 Å². The van der Waals surface area contributed by atoms with E-state index in [0.29, 0.717) is 5.16 Å². The van der Waals surface area contributed by atoms with Crippen LogP contribution in [0.15, 0.2) is 53.7 Å². The van der Waals surface area contributed by atoms with Crippen LogP contribution in [-0.2, 0) is 4.79 Å². The number of tetrazole rings is 1. The van der Waals surface area contributed by atoms with E-state index in [0.717, 1.165) is 16.8 Å². The van der Waals surface area contributed by atoms with E-state index < -0.39 is 0 Å². The zero-order chi connectivity index (χ0) is 18.5. The first-order valence-electron chi connectivity index (χ1n) is 8.06. The van der Waals surface area contributed by atoms with Gasteiger partial charge < -0.3 is 5.32 Å². The van der Waals surface area contributed by atoms with E-state index in [1.165, 1.54) is 23.9 Å². The highest BCUT2D eigenvalue weighted by atomic mass is 32.2. The molecule has 1 heterocycles. The van der Waals surface area contributed by atoms with Gasteiger partial charge in [-0.3, -0.25) is 4.79 Å². The fourth-order valence-electron chi connectivity index (χ4n) is 2.36. The molecular formula is C18H18FN5OS. The Kier molecular flexibility index (Phi) is 5.62. The Morgan fingerprint density at radius 3 is 2.58 bits per heavy atom. The molecule has 0 fully saturated rings. The second-order valence-electron chi connectivity index (χ2n) is 5.84. The maximum atomic E-state index is 13.0. The normalized spacial score (nSPS) is 12.0. The van der Waals surface area contributed by atoms with Gasteiger partial charge in [0, 0.05) is 0 Å². The van der Waals surface area contributed by atoms with Crippen LogP contribution in [0.1, 0.15) is 24.1 Å². The highest BCUT2D eigenvalue weighted by Crippen LogP contribution is 2.19. The number of amides is 1. The first-order valence-corrected chi connectivity index (χ1v) is 9.04. The summed E-state index contributed by atoms with van der Waals surface area (Å²) in [4.78, 5) is 12.2. The molecule has 0 spiro atoms. The number of aryl methyl sites for hydroxylation is 1. The number of carbonyl (C=O) groups excluding carboxylic acids is 1. The van der Waals surface area contributed by atoms with Crippen molar-refractivity contribution in [1.29, 1.82) is 0 Å². The SMILES string of the molecule is Cc1ccc(-n2nnnc2SCC(=O)NC(C)c2ccc(F)cc2)cc1. The number of rotatable bonds is 6. The minimum atomic E-state index is -0.300. The van der Waals surface area contributed by atoms with Crippen molar-refractivity contribution in [3.8, 4) is 5.69 Å². The van der Waals surface area contributed by atoms with Crippen LogP contribution in [0, 0.1) is 12.7 Å². The predicted octanol–water partition coefficient (Wildman–Crippen LogP) is 3.08. The van der Waals surface area contributed by atoms with Gasteiger partial charge in [-0.25, -0.2) is 4.39 Å². The summed E-state index contributed by atoms with van der Waals surface area (Å²) in [7, 11) is 0. The van der Waals surface area contributed by atoms with E-state index in [1.54, 1.807) is 16.8 Å². The lowest BCUT2D eigenvalue weighted by Gasteiger charge is -2.14. The molecule has 0 aliphatic heterocycles. The summed E-state index contributed by atoms with van der Waals surface area (Å²) >= 11 is 1.26. The van der Waals surface area contributed by atoms with Crippen LogP contribution < -0.4 is 5.32 Å². The fraction of sp³-hybridized carbons (Fsp3) is 0.222. The number of thioether (sulfide) groups is 1. The monoisotopic (exact) mass is 371 g/mol. The molecule has 0 saturated heterocycles. The van der Waals surface area contributed by atoms with Crippen LogP contribution in [0.4, 0.5) is 4.39 Å². The Morgan fingerprint density at radius 2 is 1.88 bits per heavy atom. The van der Waals surface area contributed by atoms with E-state index in [9.17, 15) is 9.18 Å². The summed E-state index contributed by atoms with van der Waals surface area (Å²) in [6.07, 6.45) is 0. The summed E-state index contributed by atoms with van der Waals surface area (Å²) in [6, 6.07) is 13.7. The van der Waals surface area contributed by atoms with Gasteiger partial charge in [-0.15, -0.1) is 5.10 Å². The van der Waals surface area contributed by atoms with Crippen molar-refractivity contribution in [3.05, 3.63) is 65.5 Å². The third-order valence-corrected chi connectivity index (χ3v) is 4.72. The molecule has 8 heteroatoms. The molecular weight excluding hydrogens is 353 g/mol. The largest absolute Gasteiger partial charge is 0.349 e. The smallest absolute Gasteiger partial charge is 0.230 e. The quantitative estimate of drug-likeness (QED) is 0.674. The summed E-state index contributed by atoms with van der Waals surface area (Å²) < 4.78 is 14.6. The molecule has 0 radical (unpaired) electrons. The van der Waals surface area contributed by atoms with Crippen LogP contribution in [0.25, 0.3) is 5.69 Å². The van der Waals surface area contributed by atoms with Gasteiger partial charge in [0.15, 0.2) is 0 Å². The van der Waals surface area contributed by atoms with Crippen LogP contribution in [0.3, 0.4) is 0 Å². The van der Waals surface area contributed by atoms with Crippen LogP contribution >= 0.6 is 11.8 Å². The first-order chi connectivity index (χ1) is 12.5. The van der Waals surface area contributed by atoms with Crippen molar-refractivity contribution in [2.45, 2.75) is 25.0 Å². The molecule has 6 nitrogen and oxygen atoms in total. The molecule has 1 aromatic heterocycles. The van der Waals surface area contributed by atoms with Crippen molar-refractivity contribution in [2.24, 2.45) is 0 Å². The lowest BCUT2D eigenvalue weighted by atomic mass is 10.1. The average molecular weight is 371 g/mol. The lowest BCUT2D eigenvalue weighted by Crippen LogP contribution is -2.28. The van der Waals surface area contributed by atoms with Gasteiger partial charge in [0.1, 0.15) is 5.82 Å². The zero-order valence-electron chi connectivity index (χ0n) is 14.4. The van der Waals surface area contributed by atoms with Gasteiger partial charge in [0.2, 0.25) is 11.1 Å². The molecule has 3 rings (SSSR count). The summed E-state index contributed by atoms with van der Waals surface area (Å²) in [5.41, 5.74) is 2.82. The molecule has 2 aromatic carbocycles. The molecule has 1 N–H and O–H groups in total. The molecule has 1 unspecified atom stereocenters. The number of nitrogens with one attached hydrogen (secondary N) is 1. The minimum absolute atomic E-state index is 0.148. The van der Waals surface area contributed by atoms with Crippen molar-refractivity contribution in [2.75, 3.05) is 5.75 Å². The maximum Gasteiger partial charge on any atom is 0.230 e. The number of hydrogen-bond donors (Lipinski definition) is 1. The second kappa shape index (κ2) is 8.09. The van der Waals surface area contributed by atoms with E-state index in [4.69, 9.17) is 0 Å². The van der Waals surface area contributed by atoms with E-state index >= 15 is 0 Å². The maximum absolute atomic E-state index is 13.0. The Balaban J connectivity index is 1.59. The summed E-state index contributed by atoms with van der Waals surface area (Å²) in [6.45, 7) is 3.86. The van der Waals surface area contributed by atoms with Crippen molar-refractivity contribution in [1.82, 2.24) is 25.5 Å². The average Bonchev–Trinajstić information content (AvgIpc) is 3.09. The molecule has 1 amide bonds. The minimum Gasteiger partial charge on any atom is -0.349 e. The number of halogens is 1. The van der Waals surface area contributed by atoms with Gasteiger partial charge in [0.05, 0.1) is 17.5 Å². The van der Waals surface area contributed by atoms with Crippen molar-refractivity contribution < 1.29 is 9.18 Å². The molecule has 0 aliphatic carbocycles. The van der Waals surface area contributed by atoms with Gasteiger partial charge in [0.25, 0.3) is 0 Å². The fourth-order valence-corrected chi connectivity index (χ4v) is 3.07. The van der Waals surface area contributed by atoms with E-state index in [-0.39, 0.29) is 23.5 Å². The number of aromatic nitrogens is 4. The Morgan fingerprint density at radius 1 is 1.19 bits per heavy atom. The molecule has 3 aromatic rings.